The van der Waals surface area contributed by atoms with Crippen molar-refractivity contribution in [1.29, 1.82) is 0 Å². The van der Waals surface area contributed by atoms with E-state index in [4.69, 9.17) is 0 Å². The molecule has 0 amide bonds. The Labute approximate surface area is 129 Å². The van der Waals surface area contributed by atoms with Crippen molar-refractivity contribution in [2.45, 2.75) is 19.9 Å². The number of imidazole rings is 1. The molecule has 0 saturated heterocycles. The number of aromatic nitrogens is 4. The van der Waals surface area contributed by atoms with Crippen LogP contribution in [0.25, 0.3) is 11.3 Å². The molecule has 0 radical (unpaired) electrons. The number of aromatic amines is 1. The molecular formula is C17H19N5. The molecule has 0 atom stereocenters. The van der Waals surface area contributed by atoms with Gasteiger partial charge in [-0.3, -0.25) is 4.68 Å². The minimum absolute atomic E-state index is 0.876. The summed E-state index contributed by atoms with van der Waals surface area (Å²) >= 11 is 0. The second kappa shape index (κ2) is 5.02. The van der Waals surface area contributed by atoms with Gasteiger partial charge in [0.1, 0.15) is 0 Å². The maximum absolute atomic E-state index is 4.36. The van der Waals surface area contributed by atoms with Gasteiger partial charge in [0.25, 0.3) is 0 Å². The van der Waals surface area contributed by atoms with Gasteiger partial charge in [-0.15, -0.1) is 0 Å². The van der Waals surface area contributed by atoms with E-state index in [0.29, 0.717) is 0 Å². The minimum Gasteiger partial charge on any atom is -0.365 e. The monoisotopic (exact) mass is 293 g/mol. The lowest BCUT2D eigenvalue weighted by molar-refractivity contribution is 0.775. The van der Waals surface area contributed by atoms with Crippen LogP contribution in [0.1, 0.15) is 16.8 Å². The second-order valence-corrected chi connectivity index (χ2v) is 5.89. The Morgan fingerprint density at radius 3 is 2.91 bits per heavy atom. The van der Waals surface area contributed by atoms with Gasteiger partial charge < -0.3 is 9.88 Å². The molecule has 0 bridgehead atoms. The van der Waals surface area contributed by atoms with Gasteiger partial charge in [-0.25, -0.2) is 4.98 Å². The third-order valence-corrected chi connectivity index (χ3v) is 4.39. The Balaban J connectivity index is 1.71. The number of hydrogen-bond acceptors (Lipinski definition) is 3. The molecule has 3 aromatic rings. The zero-order chi connectivity index (χ0) is 15.1. The van der Waals surface area contributed by atoms with Crippen molar-refractivity contribution in [2.75, 3.05) is 11.4 Å². The van der Waals surface area contributed by atoms with E-state index in [1.54, 1.807) is 6.33 Å². The molecule has 0 spiro atoms. The average Bonchev–Trinajstić information content (AvgIpc) is 3.22. The number of nitrogens with zero attached hydrogens (tertiary/aromatic N) is 4. The van der Waals surface area contributed by atoms with Gasteiger partial charge in [0.05, 0.1) is 30.5 Å². The van der Waals surface area contributed by atoms with Crippen LogP contribution in [-0.2, 0) is 20.0 Å². The van der Waals surface area contributed by atoms with Crippen molar-refractivity contribution in [3.63, 3.8) is 0 Å². The number of nitrogens with one attached hydrogen (secondary N) is 1. The van der Waals surface area contributed by atoms with E-state index in [0.717, 1.165) is 25.2 Å². The van der Waals surface area contributed by atoms with Gasteiger partial charge in [-0.05, 0) is 30.5 Å². The third-order valence-electron chi connectivity index (χ3n) is 4.39. The summed E-state index contributed by atoms with van der Waals surface area (Å²) in [5.74, 6) is 0. The maximum Gasteiger partial charge on any atom is 0.0922 e. The summed E-state index contributed by atoms with van der Waals surface area (Å²) in [5.41, 5.74) is 7.52. The fourth-order valence-electron chi connectivity index (χ4n) is 3.30. The first-order valence-corrected chi connectivity index (χ1v) is 7.56. The van der Waals surface area contributed by atoms with Crippen LogP contribution in [0, 0.1) is 6.92 Å². The van der Waals surface area contributed by atoms with E-state index in [9.17, 15) is 0 Å². The standard InChI is InChI=1S/C17H19N5/c1-12-8-20-21(2)17(12)14-4-3-13-5-6-22(16(13)7-14)10-15-9-18-11-19-15/h3-4,7-9,11H,5-6,10H2,1-2H3,(H,18,19). The van der Waals surface area contributed by atoms with E-state index < -0.39 is 0 Å². The van der Waals surface area contributed by atoms with Crippen molar-refractivity contribution in [3.05, 3.63) is 53.7 Å². The molecule has 1 aliphatic rings. The first kappa shape index (κ1) is 13.1. The van der Waals surface area contributed by atoms with Crippen molar-refractivity contribution < 1.29 is 0 Å². The lowest BCUT2D eigenvalue weighted by Gasteiger charge is -2.19. The first-order valence-electron chi connectivity index (χ1n) is 7.56. The average molecular weight is 293 g/mol. The largest absolute Gasteiger partial charge is 0.365 e. The highest BCUT2D eigenvalue weighted by Crippen LogP contribution is 2.34. The van der Waals surface area contributed by atoms with Crippen LogP contribution in [0.15, 0.2) is 36.9 Å². The van der Waals surface area contributed by atoms with Crippen LogP contribution < -0.4 is 4.90 Å². The number of fused-ring (bicyclic) bond motifs is 1. The molecule has 4 rings (SSSR count). The minimum atomic E-state index is 0.876. The summed E-state index contributed by atoms with van der Waals surface area (Å²) in [5, 5.41) is 4.36. The quantitative estimate of drug-likeness (QED) is 0.807. The van der Waals surface area contributed by atoms with E-state index >= 15 is 0 Å². The van der Waals surface area contributed by atoms with Crippen molar-refractivity contribution >= 4 is 5.69 Å². The lowest BCUT2D eigenvalue weighted by Crippen LogP contribution is -2.19. The van der Waals surface area contributed by atoms with Crippen LogP contribution in [-0.4, -0.2) is 26.3 Å². The fourth-order valence-corrected chi connectivity index (χ4v) is 3.30. The molecule has 3 heterocycles. The summed E-state index contributed by atoms with van der Waals surface area (Å²) in [6, 6.07) is 6.76. The number of anilines is 1. The van der Waals surface area contributed by atoms with Crippen LogP contribution in [0.4, 0.5) is 5.69 Å². The number of hydrogen-bond donors (Lipinski definition) is 1. The van der Waals surface area contributed by atoms with Crippen LogP contribution in [0.2, 0.25) is 0 Å². The smallest absolute Gasteiger partial charge is 0.0922 e. The number of rotatable bonds is 3. The second-order valence-electron chi connectivity index (χ2n) is 5.89. The van der Waals surface area contributed by atoms with Gasteiger partial charge in [0.15, 0.2) is 0 Å². The Morgan fingerprint density at radius 2 is 2.18 bits per heavy atom. The van der Waals surface area contributed by atoms with E-state index in [-0.39, 0.29) is 0 Å². The number of aryl methyl sites for hydroxylation is 2. The number of benzene rings is 1. The van der Waals surface area contributed by atoms with Crippen LogP contribution in [0.5, 0.6) is 0 Å². The molecule has 1 aliphatic heterocycles. The zero-order valence-corrected chi connectivity index (χ0v) is 12.9. The summed E-state index contributed by atoms with van der Waals surface area (Å²) < 4.78 is 1.95. The van der Waals surface area contributed by atoms with Gasteiger partial charge >= 0.3 is 0 Å². The summed E-state index contributed by atoms with van der Waals surface area (Å²) in [7, 11) is 2.00. The molecule has 0 saturated carbocycles. The fraction of sp³-hybridized carbons (Fsp3) is 0.294. The van der Waals surface area contributed by atoms with Gasteiger partial charge in [0.2, 0.25) is 0 Å². The van der Waals surface area contributed by atoms with Gasteiger partial charge in [0, 0.05) is 31.0 Å². The van der Waals surface area contributed by atoms with Crippen molar-refractivity contribution in [1.82, 2.24) is 19.7 Å². The molecule has 112 valence electrons. The predicted octanol–water partition coefficient (Wildman–Crippen LogP) is 2.68. The molecule has 2 aromatic heterocycles. The Hall–Kier alpha value is -2.56. The zero-order valence-electron chi connectivity index (χ0n) is 12.9. The van der Waals surface area contributed by atoms with Crippen LogP contribution >= 0.6 is 0 Å². The Bertz CT molecular complexity index is 781. The Morgan fingerprint density at radius 1 is 1.27 bits per heavy atom. The summed E-state index contributed by atoms with van der Waals surface area (Å²) in [4.78, 5) is 9.71. The third kappa shape index (κ3) is 2.09. The van der Waals surface area contributed by atoms with Gasteiger partial charge in [-0.2, -0.15) is 5.10 Å². The van der Waals surface area contributed by atoms with Crippen LogP contribution in [0.3, 0.4) is 0 Å². The molecule has 1 N–H and O–H groups in total. The Kier molecular flexibility index (Phi) is 2.99. The topological polar surface area (TPSA) is 49.7 Å². The molecule has 1 aromatic carbocycles. The highest BCUT2D eigenvalue weighted by atomic mass is 15.3. The molecule has 0 fully saturated rings. The van der Waals surface area contributed by atoms with E-state index in [1.807, 2.05) is 24.1 Å². The summed E-state index contributed by atoms with van der Waals surface area (Å²) in [6.07, 6.45) is 6.66. The SMILES string of the molecule is Cc1cnn(C)c1-c1ccc2c(c1)N(Cc1cnc[nH]1)CC2. The molecule has 0 aliphatic carbocycles. The highest BCUT2D eigenvalue weighted by Gasteiger charge is 2.21. The molecular weight excluding hydrogens is 274 g/mol. The van der Waals surface area contributed by atoms with Crippen molar-refractivity contribution in [3.8, 4) is 11.3 Å². The van der Waals surface area contributed by atoms with Gasteiger partial charge in [-0.1, -0.05) is 12.1 Å². The molecule has 5 heteroatoms. The highest BCUT2D eigenvalue weighted by molar-refractivity contribution is 5.72. The maximum atomic E-state index is 4.36. The molecule has 0 unspecified atom stereocenters. The summed E-state index contributed by atoms with van der Waals surface area (Å²) in [6.45, 7) is 4.04. The molecule has 5 nitrogen and oxygen atoms in total. The van der Waals surface area contributed by atoms with E-state index in [1.165, 1.54) is 28.1 Å². The first-order chi connectivity index (χ1) is 10.7. The number of H-pyrrole nitrogens is 1. The predicted molar refractivity (Wildman–Crippen MR) is 86.7 cm³/mol. The van der Waals surface area contributed by atoms with E-state index in [2.05, 4.69) is 45.1 Å². The molecule has 22 heavy (non-hydrogen) atoms. The lowest BCUT2D eigenvalue weighted by atomic mass is 10.0. The van der Waals surface area contributed by atoms with Crippen molar-refractivity contribution in [2.24, 2.45) is 7.05 Å². The normalized spacial score (nSPS) is 13.6.